The van der Waals surface area contributed by atoms with Gasteiger partial charge in [0.05, 0.1) is 0 Å². The minimum Gasteiger partial charge on any atom is -0.481 e. The van der Waals surface area contributed by atoms with Crippen molar-refractivity contribution in [2.45, 2.75) is 20.0 Å². The molecule has 0 aromatic heterocycles. The van der Waals surface area contributed by atoms with E-state index in [0.29, 0.717) is 12.3 Å². The first-order valence-electron chi connectivity index (χ1n) is 5.83. The van der Waals surface area contributed by atoms with E-state index in [2.05, 4.69) is 5.32 Å². The maximum absolute atomic E-state index is 12.7. The molecule has 4 nitrogen and oxygen atoms in total. The zero-order valence-electron chi connectivity index (χ0n) is 10.5. The van der Waals surface area contributed by atoms with E-state index in [4.69, 9.17) is 9.84 Å². The molecule has 0 aliphatic carbocycles. The Labute approximate surface area is 106 Å². The zero-order chi connectivity index (χ0) is 13.5. The number of carbonyl (C=O) groups excluding carboxylic acids is 1. The number of hydrogen-bond donors (Lipinski definition) is 2. The number of rotatable bonds is 6. The van der Waals surface area contributed by atoms with Crippen molar-refractivity contribution in [3.63, 3.8) is 0 Å². The molecule has 2 unspecified atom stereocenters. The van der Waals surface area contributed by atoms with Gasteiger partial charge < -0.3 is 15.2 Å². The van der Waals surface area contributed by atoms with Gasteiger partial charge in [0.15, 0.2) is 6.10 Å². The van der Waals surface area contributed by atoms with Crippen LogP contribution in [0.25, 0.3) is 0 Å². The molecule has 0 radical (unpaired) electrons. The van der Waals surface area contributed by atoms with Crippen LogP contribution in [0.4, 0.5) is 4.39 Å². The Balaban J connectivity index is 2.42. The van der Waals surface area contributed by atoms with Gasteiger partial charge in [-0.3, -0.25) is 4.79 Å². The summed E-state index contributed by atoms with van der Waals surface area (Å²) < 4.78 is 18.0. The smallest absolute Gasteiger partial charge is 0.260 e. The highest BCUT2D eigenvalue weighted by Gasteiger charge is 2.15. The lowest BCUT2D eigenvalue weighted by molar-refractivity contribution is -0.127. The maximum Gasteiger partial charge on any atom is 0.260 e. The normalized spacial score (nSPS) is 13.8. The minimum atomic E-state index is -0.665. The minimum absolute atomic E-state index is 0.00645. The zero-order valence-corrected chi connectivity index (χ0v) is 10.5. The highest BCUT2D eigenvalue weighted by atomic mass is 19.1. The second kappa shape index (κ2) is 6.96. The summed E-state index contributed by atoms with van der Waals surface area (Å²) in [5, 5.41) is 11.5. The summed E-state index contributed by atoms with van der Waals surface area (Å²) in [5.74, 6) is -0.169. The molecular weight excluding hydrogens is 237 g/mol. The summed E-state index contributed by atoms with van der Waals surface area (Å²) >= 11 is 0. The summed E-state index contributed by atoms with van der Waals surface area (Å²) in [4.78, 5) is 11.6. The SMILES string of the molecule is CC(CO)CNC(=O)C(C)Oc1ccc(F)cc1. The third-order valence-corrected chi connectivity index (χ3v) is 2.43. The fraction of sp³-hybridized carbons (Fsp3) is 0.462. The van der Waals surface area contributed by atoms with Crippen LogP contribution in [0.5, 0.6) is 5.75 Å². The molecule has 100 valence electrons. The van der Waals surface area contributed by atoms with E-state index in [9.17, 15) is 9.18 Å². The van der Waals surface area contributed by atoms with Gasteiger partial charge in [0.1, 0.15) is 11.6 Å². The van der Waals surface area contributed by atoms with Crippen molar-refractivity contribution in [2.24, 2.45) is 5.92 Å². The molecule has 0 saturated heterocycles. The Morgan fingerprint density at radius 1 is 1.39 bits per heavy atom. The van der Waals surface area contributed by atoms with E-state index in [1.54, 1.807) is 6.92 Å². The second-order valence-corrected chi connectivity index (χ2v) is 4.25. The summed E-state index contributed by atoms with van der Waals surface area (Å²) in [6, 6.07) is 5.48. The van der Waals surface area contributed by atoms with Crippen LogP contribution in [0.3, 0.4) is 0 Å². The lowest BCUT2D eigenvalue weighted by atomic mass is 10.2. The third-order valence-electron chi connectivity index (χ3n) is 2.43. The van der Waals surface area contributed by atoms with Crippen molar-refractivity contribution in [1.29, 1.82) is 0 Å². The van der Waals surface area contributed by atoms with Crippen LogP contribution in [-0.2, 0) is 4.79 Å². The van der Waals surface area contributed by atoms with E-state index >= 15 is 0 Å². The molecule has 2 atom stereocenters. The summed E-state index contributed by atoms with van der Waals surface area (Å²) in [6.45, 7) is 3.86. The summed E-state index contributed by atoms with van der Waals surface area (Å²) in [6.07, 6.45) is -0.665. The first-order chi connectivity index (χ1) is 8.52. The number of aliphatic hydroxyl groups is 1. The Hall–Kier alpha value is -1.62. The number of ether oxygens (including phenoxy) is 1. The van der Waals surface area contributed by atoms with Gasteiger partial charge in [0.2, 0.25) is 0 Å². The molecule has 1 amide bonds. The summed E-state index contributed by atoms with van der Waals surface area (Å²) in [5.41, 5.74) is 0. The Morgan fingerprint density at radius 2 is 2.00 bits per heavy atom. The first-order valence-corrected chi connectivity index (χ1v) is 5.83. The highest BCUT2D eigenvalue weighted by Crippen LogP contribution is 2.12. The van der Waals surface area contributed by atoms with Crippen LogP contribution in [-0.4, -0.2) is 30.3 Å². The molecule has 0 spiro atoms. The first kappa shape index (κ1) is 14.4. The maximum atomic E-state index is 12.7. The van der Waals surface area contributed by atoms with E-state index in [0.717, 1.165) is 0 Å². The predicted octanol–water partition coefficient (Wildman–Crippen LogP) is 1.34. The fourth-order valence-electron chi connectivity index (χ4n) is 1.25. The monoisotopic (exact) mass is 255 g/mol. The van der Waals surface area contributed by atoms with Gasteiger partial charge >= 0.3 is 0 Å². The van der Waals surface area contributed by atoms with Crippen LogP contribution in [0.15, 0.2) is 24.3 Å². The van der Waals surface area contributed by atoms with Gasteiger partial charge in [-0.25, -0.2) is 4.39 Å². The fourth-order valence-corrected chi connectivity index (χ4v) is 1.25. The third kappa shape index (κ3) is 4.71. The second-order valence-electron chi connectivity index (χ2n) is 4.25. The van der Waals surface area contributed by atoms with Gasteiger partial charge in [-0.2, -0.15) is 0 Å². The number of benzene rings is 1. The largest absolute Gasteiger partial charge is 0.481 e. The van der Waals surface area contributed by atoms with Gasteiger partial charge in [-0.15, -0.1) is 0 Å². The molecule has 1 aromatic carbocycles. The van der Waals surface area contributed by atoms with Crippen LogP contribution in [0.2, 0.25) is 0 Å². The topological polar surface area (TPSA) is 58.6 Å². The van der Waals surface area contributed by atoms with E-state index < -0.39 is 6.10 Å². The van der Waals surface area contributed by atoms with Crippen LogP contribution >= 0.6 is 0 Å². The van der Waals surface area contributed by atoms with E-state index in [1.165, 1.54) is 24.3 Å². The quantitative estimate of drug-likeness (QED) is 0.806. The average Bonchev–Trinajstić information content (AvgIpc) is 2.38. The van der Waals surface area contributed by atoms with Crippen molar-refractivity contribution < 1.29 is 19.0 Å². The van der Waals surface area contributed by atoms with E-state index in [-0.39, 0.29) is 24.2 Å². The van der Waals surface area contributed by atoms with Crippen molar-refractivity contribution in [2.75, 3.05) is 13.2 Å². The predicted molar refractivity (Wildman–Crippen MR) is 65.7 cm³/mol. The molecule has 2 N–H and O–H groups in total. The van der Waals surface area contributed by atoms with E-state index in [1.807, 2.05) is 6.92 Å². The number of amides is 1. The van der Waals surface area contributed by atoms with Crippen LogP contribution in [0.1, 0.15) is 13.8 Å². The molecular formula is C13H18FNO3. The van der Waals surface area contributed by atoms with Crippen molar-refractivity contribution in [3.8, 4) is 5.75 Å². The molecule has 1 rings (SSSR count). The number of nitrogens with one attached hydrogen (secondary N) is 1. The van der Waals surface area contributed by atoms with Crippen molar-refractivity contribution >= 4 is 5.91 Å². The van der Waals surface area contributed by atoms with Gasteiger partial charge in [0, 0.05) is 13.2 Å². The lowest BCUT2D eigenvalue weighted by Crippen LogP contribution is -2.39. The number of carbonyl (C=O) groups is 1. The van der Waals surface area contributed by atoms with Gasteiger partial charge in [0.25, 0.3) is 5.91 Å². The molecule has 0 aliphatic rings. The van der Waals surface area contributed by atoms with Crippen LogP contribution < -0.4 is 10.1 Å². The molecule has 0 fully saturated rings. The molecule has 0 saturated carbocycles. The Kier molecular flexibility index (Phi) is 5.58. The molecule has 0 bridgehead atoms. The molecule has 5 heteroatoms. The standard InChI is InChI=1S/C13H18FNO3/c1-9(8-16)7-15-13(17)10(2)18-12-5-3-11(14)4-6-12/h3-6,9-10,16H,7-8H2,1-2H3,(H,15,17). The van der Waals surface area contributed by atoms with Crippen molar-refractivity contribution in [1.82, 2.24) is 5.32 Å². The Morgan fingerprint density at radius 3 is 2.56 bits per heavy atom. The average molecular weight is 255 g/mol. The summed E-state index contributed by atoms with van der Waals surface area (Å²) in [7, 11) is 0. The Bertz CT molecular complexity index is 380. The molecule has 18 heavy (non-hydrogen) atoms. The lowest BCUT2D eigenvalue weighted by Gasteiger charge is -2.16. The number of aliphatic hydroxyl groups excluding tert-OH is 1. The van der Waals surface area contributed by atoms with Gasteiger partial charge in [-0.05, 0) is 37.1 Å². The van der Waals surface area contributed by atoms with Gasteiger partial charge in [-0.1, -0.05) is 6.92 Å². The molecule has 1 aromatic rings. The van der Waals surface area contributed by atoms with Crippen molar-refractivity contribution in [3.05, 3.63) is 30.1 Å². The molecule has 0 heterocycles. The number of hydrogen-bond acceptors (Lipinski definition) is 3. The molecule has 0 aliphatic heterocycles. The number of halogens is 1. The highest BCUT2D eigenvalue weighted by molar-refractivity contribution is 5.80. The van der Waals surface area contributed by atoms with Crippen LogP contribution in [0, 0.1) is 11.7 Å².